The number of carbonyl (C=O) groups excluding carboxylic acids is 1. The monoisotopic (exact) mass is 352 g/mol. The van der Waals surface area contributed by atoms with Gasteiger partial charge in [-0.15, -0.1) is 0 Å². The van der Waals surface area contributed by atoms with Gasteiger partial charge in [0.05, 0.1) is 23.7 Å². The summed E-state index contributed by atoms with van der Waals surface area (Å²) in [5.74, 6) is 0.160. The van der Waals surface area contributed by atoms with Gasteiger partial charge in [0.1, 0.15) is 0 Å². The minimum atomic E-state index is -0.699. The molecule has 6 rings (SSSR count). The van der Waals surface area contributed by atoms with E-state index in [0.717, 1.165) is 42.8 Å². The molecule has 6 atom stereocenters. The van der Waals surface area contributed by atoms with Crippen molar-refractivity contribution < 1.29 is 14.6 Å². The highest BCUT2D eigenvalue weighted by Crippen LogP contribution is 2.70. The Balaban J connectivity index is 1.65. The summed E-state index contributed by atoms with van der Waals surface area (Å²) in [6.07, 6.45) is 2.52. The van der Waals surface area contributed by atoms with Crippen molar-refractivity contribution in [2.45, 2.75) is 49.3 Å². The second kappa shape index (κ2) is 4.52. The summed E-state index contributed by atoms with van der Waals surface area (Å²) in [5, 5.41) is 15.0. The van der Waals surface area contributed by atoms with Gasteiger partial charge in [-0.3, -0.25) is 4.90 Å². The van der Waals surface area contributed by atoms with Gasteiger partial charge in [0.25, 0.3) is 0 Å². The van der Waals surface area contributed by atoms with Crippen molar-refractivity contribution in [1.82, 2.24) is 4.90 Å². The van der Waals surface area contributed by atoms with Crippen LogP contribution in [0.2, 0.25) is 0 Å². The molecule has 3 fully saturated rings. The number of piperidine rings is 1. The highest BCUT2D eigenvalue weighted by atomic mass is 16.5. The van der Waals surface area contributed by atoms with E-state index in [1.807, 2.05) is 6.07 Å². The fourth-order valence-electron chi connectivity index (χ4n) is 7.32. The molecule has 26 heavy (non-hydrogen) atoms. The van der Waals surface area contributed by atoms with Crippen molar-refractivity contribution in [3.63, 3.8) is 0 Å². The van der Waals surface area contributed by atoms with E-state index in [-0.39, 0.29) is 23.3 Å². The Hall–Kier alpha value is -1.85. The molecule has 5 nitrogen and oxygen atoms in total. The van der Waals surface area contributed by atoms with Gasteiger partial charge in [-0.05, 0) is 36.8 Å². The summed E-state index contributed by atoms with van der Waals surface area (Å²) < 4.78 is 5.24. The molecule has 1 aromatic carbocycles. The third-order valence-electron chi connectivity index (χ3n) is 8.06. The van der Waals surface area contributed by atoms with Crippen molar-refractivity contribution in [1.29, 1.82) is 0 Å². The maximum atomic E-state index is 12.9. The van der Waals surface area contributed by atoms with E-state index in [4.69, 9.17) is 4.74 Å². The SMILES string of the molecule is CC[C@@]1(O)C[C@@H]2C3C(C(=O)OC)=C4Nc5ccccc5[C@]45CCN([C@H]31)[C@H]25. The molecule has 0 radical (unpaired) electrons. The average Bonchev–Trinajstić information content (AvgIpc) is 3.34. The second-order valence-electron chi connectivity index (χ2n) is 8.65. The van der Waals surface area contributed by atoms with Gasteiger partial charge >= 0.3 is 5.97 Å². The lowest BCUT2D eigenvalue weighted by Crippen LogP contribution is -2.55. The lowest BCUT2D eigenvalue weighted by molar-refractivity contribution is -0.137. The van der Waals surface area contributed by atoms with Crippen LogP contribution in [0.1, 0.15) is 31.7 Å². The zero-order chi connectivity index (χ0) is 17.8. The van der Waals surface area contributed by atoms with Crippen LogP contribution in [-0.2, 0) is 14.9 Å². The number of carbonyl (C=O) groups is 1. The number of ether oxygens (including phenoxy) is 1. The van der Waals surface area contributed by atoms with Crippen LogP contribution in [-0.4, -0.2) is 47.3 Å². The molecule has 5 aliphatic rings. The zero-order valence-electron chi connectivity index (χ0n) is 15.2. The van der Waals surface area contributed by atoms with E-state index in [2.05, 4.69) is 35.3 Å². The molecule has 1 unspecified atom stereocenters. The number of hydrogen-bond donors (Lipinski definition) is 2. The van der Waals surface area contributed by atoms with Crippen LogP contribution in [0, 0.1) is 11.8 Å². The lowest BCUT2D eigenvalue weighted by atomic mass is 9.62. The highest BCUT2D eigenvalue weighted by Gasteiger charge is 2.76. The predicted octanol–water partition coefficient (Wildman–Crippen LogP) is 2.02. The Kier molecular flexibility index (Phi) is 2.65. The molecular weight excluding hydrogens is 328 g/mol. The van der Waals surface area contributed by atoms with Crippen LogP contribution in [0.15, 0.2) is 35.5 Å². The van der Waals surface area contributed by atoms with E-state index in [9.17, 15) is 9.90 Å². The largest absolute Gasteiger partial charge is 0.466 e. The standard InChI is InChI=1S/C21H24N2O3/c1-3-20(25)10-11-14-15(19(24)26-2)16-21(8-9-23(17(11)21)18(14)20)12-6-4-5-7-13(12)22-16/h4-7,11,14,17-18,22,25H,3,8-10H2,1-2H3/t11-,14?,17-,18-,20-,21-/m1/s1. The number of fused-ring (bicyclic) bond motifs is 2. The summed E-state index contributed by atoms with van der Waals surface area (Å²) in [6, 6.07) is 8.88. The first-order valence-electron chi connectivity index (χ1n) is 9.74. The van der Waals surface area contributed by atoms with E-state index in [1.54, 1.807) is 0 Å². The molecule has 4 bridgehead atoms. The molecule has 2 N–H and O–H groups in total. The van der Waals surface area contributed by atoms with Crippen LogP contribution in [0.25, 0.3) is 0 Å². The number of nitrogens with one attached hydrogen (secondary N) is 1. The van der Waals surface area contributed by atoms with E-state index < -0.39 is 5.60 Å². The maximum Gasteiger partial charge on any atom is 0.335 e. The summed E-state index contributed by atoms with van der Waals surface area (Å²) in [6.45, 7) is 3.05. The van der Waals surface area contributed by atoms with Crippen molar-refractivity contribution >= 4 is 11.7 Å². The van der Waals surface area contributed by atoms with Crippen molar-refractivity contribution in [3.8, 4) is 0 Å². The van der Waals surface area contributed by atoms with Crippen molar-refractivity contribution in [2.24, 2.45) is 11.8 Å². The highest BCUT2D eigenvalue weighted by molar-refractivity contribution is 5.94. The van der Waals surface area contributed by atoms with E-state index in [0.29, 0.717) is 12.0 Å². The molecule has 3 heterocycles. The molecule has 1 spiro atoms. The molecular formula is C21H24N2O3. The van der Waals surface area contributed by atoms with E-state index in [1.165, 1.54) is 12.7 Å². The smallest absolute Gasteiger partial charge is 0.335 e. The Morgan fingerprint density at radius 3 is 2.96 bits per heavy atom. The number of methoxy groups -OCH3 is 1. The first-order valence-corrected chi connectivity index (χ1v) is 9.74. The topological polar surface area (TPSA) is 61.8 Å². The van der Waals surface area contributed by atoms with Gasteiger partial charge in [-0.1, -0.05) is 25.1 Å². The van der Waals surface area contributed by atoms with Crippen LogP contribution < -0.4 is 5.32 Å². The number of benzene rings is 1. The summed E-state index contributed by atoms with van der Waals surface area (Å²) in [5.41, 5.74) is 3.44. The van der Waals surface area contributed by atoms with Crippen molar-refractivity contribution in [2.75, 3.05) is 19.0 Å². The number of rotatable bonds is 2. The normalized spacial score (nSPS) is 44.1. The Morgan fingerprint density at radius 1 is 1.38 bits per heavy atom. The van der Waals surface area contributed by atoms with Crippen LogP contribution in [0.5, 0.6) is 0 Å². The number of para-hydroxylation sites is 1. The minimum absolute atomic E-state index is 0.0306. The van der Waals surface area contributed by atoms with Crippen molar-refractivity contribution in [3.05, 3.63) is 41.1 Å². The van der Waals surface area contributed by atoms with Crippen LogP contribution in [0.4, 0.5) is 5.69 Å². The number of hydrogen-bond acceptors (Lipinski definition) is 5. The Bertz CT molecular complexity index is 880. The lowest BCUT2D eigenvalue weighted by Gasteiger charge is -2.45. The van der Waals surface area contributed by atoms with E-state index >= 15 is 0 Å². The molecule has 2 saturated heterocycles. The fourth-order valence-corrected chi connectivity index (χ4v) is 7.32. The average molecular weight is 352 g/mol. The Labute approximate surface area is 153 Å². The molecule has 1 aromatic rings. The first kappa shape index (κ1) is 15.2. The molecule has 0 amide bonds. The summed E-state index contributed by atoms with van der Waals surface area (Å²) >= 11 is 0. The molecule has 0 aromatic heterocycles. The Morgan fingerprint density at radius 2 is 2.19 bits per heavy atom. The zero-order valence-corrected chi connectivity index (χ0v) is 15.2. The molecule has 5 heteroatoms. The quantitative estimate of drug-likeness (QED) is 0.798. The second-order valence-corrected chi connectivity index (χ2v) is 8.65. The van der Waals surface area contributed by atoms with Gasteiger partial charge in [0.15, 0.2) is 0 Å². The number of esters is 1. The first-order chi connectivity index (χ1) is 12.6. The van der Waals surface area contributed by atoms with Gasteiger partial charge in [0.2, 0.25) is 0 Å². The minimum Gasteiger partial charge on any atom is -0.466 e. The third-order valence-corrected chi connectivity index (χ3v) is 8.06. The number of nitrogens with zero attached hydrogens (tertiary/aromatic N) is 1. The predicted molar refractivity (Wildman–Crippen MR) is 96.5 cm³/mol. The summed E-state index contributed by atoms with van der Waals surface area (Å²) in [4.78, 5) is 15.4. The summed E-state index contributed by atoms with van der Waals surface area (Å²) in [7, 11) is 1.47. The van der Waals surface area contributed by atoms with Gasteiger partial charge < -0.3 is 15.2 Å². The third kappa shape index (κ3) is 1.37. The van der Waals surface area contributed by atoms with Gasteiger partial charge in [0, 0.05) is 35.9 Å². The molecule has 2 aliphatic carbocycles. The van der Waals surface area contributed by atoms with Crippen LogP contribution >= 0.6 is 0 Å². The molecule has 1 saturated carbocycles. The van der Waals surface area contributed by atoms with Gasteiger partial charge in [-0.2, -0.15) is 0 Å². The molecule has 136 valence electrons. The molecule has 3 aliphatic heterocycles. The van der Waals surface area contributed by atoms with Crippen LogP contribution in [0.3, 0.4) is 0 Å². The fraction of sp³-hybridized carbons (Fsp3) is 0.571. The van der Waals surface area contributed by atoms with Gasteiger partial charge in [-0.25, -0.2) is 4.79 Å². The maximum absolute atomic E-state index is 12.9. The number of aliphatic hydroxyl groups is 1. The number of anilines is 1.